The molecule has 0 aromatic heterocycles. The number of guanidine groups is 1. The molecular weight excluding hydrogens is 443 g/mol. The summed E-state index contributed by atoms with van der Waals surface area (Å²) in [7, 11) is 3.70. The highest BCUT2D eigenvalue weighted by molar-refractivity contribution is 14.0. The topological polar surface area (TPSA) is 79.9 Å². The Hall–Kier alpha value is -2.29. The Balaban J connectivity index is 0.00000338. The van der Waals surface area contributed by atoms with Crippen molar-refractivity contribution in [3.8, 4) is 5.75 Å². The molecule has 0 bridgehead atoms. The van der Waals surface area contributed by atoms with E-state index >= 15 is 0 Å². The average molecular weight is 468 g/mol. The maximum atomic E-state index is 11.1. The monoisotopic (exact) mass is 468 g/mol. The van der Waals surface area contributed by atoms with Crippen LogP contribution in [0.5, 0.6) is 5.75 Å². The number of benzene rings is 2. The van der Waals surface area contributed by atoms with Crippen molar-refractivity contribution in [2.75, 3.05) is 27.2 Å². The fraction of sp³-hybridized carbons (Fsp3) is 0.263. The number of carbonyl (C=O) groups is 1. The SMILES string of the molecule is CN=C(NCc1ccc(C(N)=O)cc1)N(C)CCOc1ccccc1.I. The molecule has 0 atom stereocenters. The molecule has 0 saturated heterocycles. The summed E-state index contributed by atoms with van der Waals surface area (Å²) in [6, 6.07) is 16.9. The van der Waals surface area contributed by atoms with Gasteiger partial charge < -0.3 is 20.7 Å². The molecule has 0 fully saturated rings. The first kappa shape index (κ1) is 21.8. The maximum absolute atomic E-state index is 11.1. The van der Waals surface area contributed by atoms with Crippen molar-refractivity contribution in [1.82, 2.24) is 10.2 Å². The number of hydrogen-bond acceptors (Lipinski definition) is 3. The van der Waals surface area contributed by atoms with Gasteiger partial charge in [-0.1, -0.05) is 30.3 Å². The highest BCUT2D eigenvalue weighted by Gasteiger charge is 2.06. The van der Waals surface area contributed by atoms with E-state index in [2.05, 4.69) is 10.3 Å². The van der Waals surface area contributed by atoms with Crippen molar-refractivity contribution >= 4 is 35.8 Å². The quantitative estimate of drug-likeness (QED) is 0.372. The average Bonchev–Trinajstić information content (AvgIpc) is 2.63. The summed E-state index contributed by atoms with van der Waals surface area (Å²) >= 11 is 0. The van der Waals surface area contributed by atoms with Crippen LogP contribution >= 0.6 is 24.0 Å². The molecule has 0 saturated carbocycles. The van der Waals surface area contributed by atoms with E-state index in [1.165, 1.54) is 0 Å². The predicted molar refractivity (Wildman–Crippen MR) is 115 cm³/mol. The number of primary amides is 1. The molecule has 26 heavy (non-hydrogen) atoms. The molecule has 140 valence electrons. The summed E-state index contributed by atoms with van der Waals surface area (Å²) in [4.78, 5) is 17.4. The molecule has 7 heteroatoms. The third-order valence-electron chi connectivity index (χ3n) is 3.70. The fourth-order valence-electron chi connectivity index (χ4n) is 2.28. The molecule has 2 rings (SSSR count). The number of ether oxygens (including phenoxy) is 1. The zero-order chi connectivity index (χ0) is 18.1. The van der Waals surface area contributed by atoms with Gasteiger partial charge in [-0.25, -0.2) is 0 Å². The number of amides is 1. The van der Waals surface area contributed by atoms with E-state index in [4.69, 9.17) is 10.5 Å². The number of carbonyl (C=O) groups excluding carboxylic acids is 1. The Kier molecular flexibility index (Phi) is 9.50. The Labute approximate surface area is 171 Å². The van der Waals surface area contributed by atoms with Gasteiger partial charge in [-0.3, -0.25) is 9.79 Å². The van der Waals surface area contributed by atoms with Crippen LogP contribution < -0.4 is 15.8 Å². The Morgan fingerprint density at radius 2 is 1.81 bits per heavy atom. The number of likely N-dealkylation sites (N-methyl/N-ethyl adjacent to an activating group) is 1. The molecule has 0 heterocycles. The molecule has 3 N–H and O–H groups in total. The number of halogens is 1. The van der Waals surface area contributed by atoms with Crippen molar-refractivity contribution < 1.29 is 9.53 Å². The van der Waals surface area contributed by atoms with E-state index in [9.17, 15) is 4.79 Å². The molecule has 1 amide bonds. The van der Waals surface area contributed by atoms with Crippen LogP contribution in [-0.4, -0.2) is 44.0 Å². The number of nitrogens with one attached hydrogen (secondary N) is 1. The predicted octanol–water partition coefficient (Wildman–Crippen LogP) is 2.49. The van der Waals surface area contributed by atoms with Crippen LogP contribution in [0.2, 0.25) is 0 Å². The second-order valence-corrected chi connectivity index (χ2v) is 5.55. The van der Waals surface area contributed by atoms with E-state index < -0.39 is 5.91 Å². The summed E-state index contributed by atoms with van der Waals surface area (Å²) < 4.78 is 5.70. The van der Waals surface area contributed by atoms with Crippen molar-refractivity contribution in [3.63, 3.8) is 0 Å². The summed E-state index contributed by atoms with van der Waals surface area (Å²) in [6.07, 6.45) is 0. The lowest BCUT2D eigenvalue weighted by molar-refractivity contribution is 0.100. The summed E-state index contributed by atoms with van der Waals surface area (Å²) in [5.41, 5.74) is 6.79. The minimum absolute atomic E-state index is 0. The molecule has 0 aliphatic rings. The molecule has 0 radical (unpaired) electrons. The Morgan fingerprint density at radius 1 is 1.15 bits per heavy atom. The third-order valence-corrected chi connectivity index (χ3v) is 3.70. The van der Waals surface area contributed by atoms with Gasteiger partial charge in [-0.05, 0) is 29.8 Å². The van der Waals surface area contributed by atoms with Crippen LogP contribution in [0.15, 0.2) is 59.6 Å². The lowest BCUT2D eigenvalue weighted by atomic mass is 10.1. The molecular formula is C19H25IN4O2. The minimum Gasteiger partial charge on any atom is -0.492 e. The maximum Gasteiger partial charge on any atom is 0.248 e. The van der Waals surface area contributed by atoms with Crippen LogP contribution in [0.3, 0.4) is 0 Å². The van der Waals surface area contributed by atoms with E-state index in [0.29, 0.717) is 25.3 Å². The van der Waals surface area contributed by atoms with E-state index in [0.717, 1.165) is 17.3 Å². The van der Waals surface area contributed by atoms with Gasteiger partial charge in [0.2, 0.25) is 5.91 Å². The largest absolute Gasteiger partial charge is 0.492 e. The van der Waals surface area contributed by atoms with Crippen LogP contribution in [0, 0.1) is 0 Å². The van der Waals surface area contributed by atoms with Crippen molar-refractivity contribution in [3.05, 3.63) is 65.7 Å². The molecule has 2 aromatic rings. The number of rotatable bonds is 7. The molecule has 0 aliphatic carbocycles. The van der Waals surface area contributed by atoms with Gasteiger partial charge in [0, 0.05) is 26.2 Å². The highest BCUT2D eigenvalue weighted by Crippen LogP contribution is 2.08. The number of nitrogens with two attached hydrogens (primary N) is 1. The second-order valence-electron chi connectivity index (χ2n) is 5.55. The van der Waals surface area contributed by atoms with Gasteiger partial charge in [-0.15, -0.1) is 24.0 Å². The number of hydrogen-bond donors (Lipinski definition) is 2. The van der Waals surface area contributed by atoms with Gasteiger partial charge in [-0.2, -0.15) is 0 Å². The fourth-order valence-corrected chi connectivity index (χ4v) is 2.28. The zero-order valence-electron chi connectivity index (χ0n) is 15.0. The van der Waals surface area contributed by atoms with Crippen LogP contribution in [0.4, 0.5) is 0 Å². The van der Waals surface area contributed by atoms with E-state index in [1.54, 1.807) is 19.2 Å². The number of nitrogens with zero attached hydrogens (tertiary/aromatic N) is 2. The zero-order valence-corrected chi connectivity index (χ0v) is 17.3. The first-order valence-corrected chi connectivity index (χ1v) is 8.08. The first-order valence-electron chi connectivity index (χ1n) is 8.08. The van der Waals surface area contributed by atoms with Crippen LogP contribution in [0.1, 0.15) is 15.9 Å². The molecule has 6 nitrogen and oxygen atoms in total. The third kappa shape index (κ3) is 6.91. The van der Waals surface area contributed by atoms with Crippen LogP contribution in [0.25, 0.3) is 0 Å². The van der Waals surface area contributed by atoms with Gasteiger partial charge in [0.25, 0.3) is 0 Å². The summed E-state index contributed by atoms with van der Waals surface area (Å²) in [5.74, 6) is 1.21. The second kappa shape index (κ2) is 11.3. The molecule has 2 aromatic carbocycles. The normalized spacial score (nSPS) is 10.6. The number of para-hydroxylation sites is 1. The Morgan fingerprint density at radius 3 is 2.38 bits per heavy atom. The van der Waals surface area contributed by atoms with Crippen molar-refractivity contribution in [1.29, 1.82) is 0 Å². The van der Waals surface area contributed by atoms with Gasteiger partial charge >= 0.3 is 0 Å². The molecule has 0 unspecified atom stereocenters. The lowest BCUT2D eigenvalue weighted by Crippen LogP contribution is -2.40. The lowest BCUT2D eigenvalue weighted by Gasteiger charge is -2.22. The highest BCUT2D eigenvalue weighted by atomic mass is 127. The Bertz CT molecular complexity index is 705. The molecule has 0 aliphatic heterocycles. The first-order chi connectivity index (χ1) is 12.1. The summed E-state index contributed by atoms with van der Waals surface area (Å²) in [6.45, 7) is 1.87. The van der Waals surface area contributed by atoms with E-state index in [-0.39, 0.29) is 24.0 Å². The van der Waals surface area contributed by atoms with Gasteiger partial charge in [0.05, 0.1) is 6.54 Å². The van der Waals surface area contributed by atoms with E-state index in [1.807, 2.05) is 54.4 Å². The standard InChI is InChI=1S/C19H24N4O2.HI/c1-21-19(22-14-15-8-10-16(11-9-15)18(20)24)23(2)12-13-25-17-6-4-3-5-7-17;/h3-11H,12-14H2,1-2H3,(H2,20,24)(H,21,22);1H. The summed E-state index contributed by atoms with van der Waals surface area (Å²) in [5, 5.41) is 3.29. The van der Waals surface area contributed by atoms with Gasteiger partial charge in [0.1, 0.15) is 12.4 Å². The van der Waals surface area contributed by atoms with Crippen molar-refractivity contribution in [2.45, 2.75) is 6.54 Å². The van der Waals surface area contributed by atoms with Gasteiger partial charge in [0.15, 0.2) is 5.96 Å². The molecule has 0 spiro atoms. The minimum atomic E-state index is -0.423. The van der Waals surface area contributed by atoms with Crippen LogP contribution in [-0.2, 0) is 6.54 Å². The van der Waals surface area contributed by atoms with Crippen molar-refractivity contribution in [2.24, 2.45) is 10.7 Å². The number of aliphatic imine (C=N–C) groups is 1. The smallest absolute Gasteiger partial charge is 0.248 e.